The fourth-order valence-electron chi connectivity index (χ4n) is 2.77. The van der Waals surface area contributed by atoms with Gasteiger partial charge in [-0.05, 0) is 49.2 Å². The minimum absolute atomic E-state index is 0.107. The second-order valence-corrected chi connectivity index (χ2v) is 5.28. The summed E-state index contributed by atoms with van der Waals surface area (Å²) >= 11 is 0. The first-order chi connectivity index (χ1) is 9.74. The Kier molecular flexibility index (Phi) is 3.46. The van der Waals surface area contributed by atoms with Crippen molar-refractivity contribution >= 4 is 11.6 Å². The zero-order valence-corrected chi connectivity index (χ0v) is 11.4. The molecule has 4 nitrogen and oxygen atoms in total. The number of anilines is 1. The molecule has 0 unspecified atom stereocenters. The van der Waals surface area contributed by atoms with Crippen molar-refractivity contribution in [3.05, 3.63) is 54.4 Å². The Labute approximate surface area is 118 Å². The van der Waals surface area contributed by atoms with E-state index in [1.165, 1.54) is 0 Å². The zero-order chi connectivity index (χ0) is 13.9. The number of carbonyl (C=O) groups excluding carboxylic acids is 1. The molecule has 1 aliphatic rings. The van der Waals surface area contributed by atoms with Crippen molar-refractivity contribution in [1.29, 1.82) is 0 Å². The number of hydrogen-bond donors (Lipinski definition) is 1. The lowest BCUT2D eigenvalue weighted by molar-refractivity contribution is 0.0695. The van der Waals surface area contributed by atoms with Gasteiger partial charge in [0.1, 0.15) is 0 Å². The predicted octanol–water partition coefficient (Wildman–Crippen LogP) is 2.55. The maximum absolute atomic E-state index is 12.4. The van der Waals surface area contributed by atoms with Gasteiger partial charge in [0.05, 0.1) is 0 Å². The van der Waals surface area contributed by atoms with E-state index >= 15 is 0 Å². The molecule has 1 aliphatic heterocycles. The lowest BCUT2D eigenvalue weighted by atomic mass is 10.0. The van der Waals surface area contributed by atoms with Gasteiger partial charge in [0, 0.05) is 42.8 Å². The first kappa shape index (κ1) is 12.8. The molecule has 2 aromatic rings. The smallest absolute Gasteiger partial charge is 0.253 e. The number of rotatable bonds is 2. The molecule has 4 heteroatoms. The third-order valence-electron chi connectivity index (χ3n) is 3.96. The molecule has 1 aromatic carbocycles. The van der Waals surface area contributed by atoms with Gasteiger partial charge in [-0.1, -0.05) is 0 Å². The first-order valence-electron chi connectivity index (χ1n) is 7.01. The number of piperidine rings is 1. The van der Waals surface area contributed by atoms with Crippen molar-refractivity contribution in [3.63, 3.8) is 0 Å². The second kappa shape index (κ2) is 5.41. The van der Waals surface area contributed by atoms with Crippen LogP contribution in [-0.2, 0) is 0 Å². The fraction of sp³-hybridized carbons (Fsp3) is 0.312. The highest BCUT2D eigenvalue weighted by Gasteiger charge is 2.23. The number of hydrogen-bond acceptors (Lipinski definition) is 2. The first-order valence-corrected chi connectivity index (χ1v) is 7.01. The van der Waals surface area contributed by atoms with Gasteiger partial charge in [0.15, 0.2) is 0 Å². The monoisotopic (exact) mass is 269 g/mol. The van der Waals surface area contributed by atoms with Gasteiger partial charge in [-0.3, -0.25) is 4.79 Å². The van der Waals surface area contributed by atoms with E-state index in [-0.39, 0.29) is 5.91 Å². The molecule has 104 valence electrons. The average Bonchev–Trinajstić information content (AvgIpc) is 3.02. The number of likely N-dealkylation sites (tertiary alicyclic amines) is 1. The van der Waals surface area contributed by atoms with Crippen molar-refractivity contribution < 1.29 is 4.79 Å². The molecule has 1 aromatic heterocycles. The number of benzene rings is 1. The summed E-state index contributed by atoms with van der Waals surface area (Å²) in [6, 6.07) is 11.8. The van der Waals surface area contributed by atoms with Gasteiger partial charge in [-0.2, -0.15) is 0 Å². The summed E-state index contributed by atoms with van der Waals surface area (Å²) in [6.45, 7) is 1.62. The summed E-state index contributed by atoms with van der Waals surface area (Å²) in [5.41, 5.74) is 7.06. The van der Waals surface area contributed by atoms with Crippen LogP contribution in [0.3, 0.4) is 0 Å². The summed E-state index contributed by atoms with van der Waals surface area (Å²) < 4.78 is 2.24. The van der Waals surface area contributed by atoms with E-state index in [0.717, 1.165) is 31.5 Å². The SMILES string of the molecule is Nc1ccc(C(=O)N2CCC(n3cccc3)CC2)cc1. The summed E-state index contributed by atoms with van der Waals surface area (Å²) in [7, 11) is 0. The molecule has 0 bridgehead atoms. The number of carbonyl (C=O) groups is 1. The van der Waals surface area contributed by atoms with Crippen LogP contribution in [0.1, 0.15) is 29.2 Å². The van der Waals surface area contributed by atoms with Gasteiger partial charge in [0.2, 0.25) is 0 Å². The highest BCUT2D eigenvalue weighted by molar-refractivity contribution is 5.94. The van der Waals surface area contributed by atoms with Gasteiger partial charge in [-0.25, -0.2) is 0 Å². The molecule has 0 atom stereocenters. The molecule has 1 amide bonds. The van der Waals surface area contributed by atoms with Crippen LogP contribution >= 0.6 is 0 Å². The molecule has 1 fully saturated rings. The number of nitrogens with two attached hydrogens (primary N) is 1. The van der Waals surface area contributed by atoms with Crippen molar-refractivity contribution in [3.8, 4) is 0 Å². The number of aromatic nitrogens is 1. The molecule has 2 heterocycles. The Morgan fingerprint density at radius 3 is 2.25 bits per heavy atom. The third kappa shape index (κ3) is 2.54. The predicted molar refractivity (Wildman–Crippen MR) is 79.5 cm³/mol. The van der Waals surface area contributed by atoms with E-state index in [4.69, 9.17) is 5.73 Å². The maximum atomic E-state index is 12.4. The van der Waals surface area contributed by atoms with Crippen molar-refractivity contribution in [1.82, 2.24) is 9.47 Å². The maximum Gasteiger partial charge on any atom is 0.253 e. The average molecular weight is 269 g/mol. The summed E-state index contributed by atoms with van der Waals surface area (Å²) in [5.74, 6) is 0.107. The van der Waals surface area contributed by atoms with Crippen molar-refractivity contribution in [2.75, 3.05) is 18.8 Å². The van der Waals surface area contributed by atoms with Crippen molar-refractivity contribution in [2.24, 2.45) is 0 Å². The minimum Gasteiger partial charge on any atom is -0.399 e. The number of amides is 1. The van der Waals surface area contributed by atoms with Crippen LogP contribution in [0.15, 0.2) is 48.8 Å². The van der Waals surface area contributed by atoms with E-state index in [0.29, 0.717) is 11.7 Å². The van der Waals surface area contributed by atoms with Gasteiger partial charge < -0.3 is 15.2 Å². The van der Waals surface area contributed by atoms with Crippen LogP contribution in [0.25, 0.3) is 0 Å². The minimum atomic E-state index is 0.107. The van der Waals surface area contributed by atoms with E-state index in [1.807, 2.05) is 17.0 Å². The molecule has 0 radical (unpaired) electrons. The van der Waals surface area contributed by atoms with Crippen LogP contribution in [0.2, 0.25) is 0 Å². The summed E-state index contributed by atoms with van der Waals surface area (Å²) in [6.07, 6.45) is 6.22. The molecule has 0 aliphatic carbocycles. The number of nitrogen functional groups attached to an aromatic ring is 1. The highest BCUT2D eigenvalue weighted by Crippen LogP contribution is 2.23. The Hall–Kier alpha value is -2.23. The van der Waals surface area contributed by atoms with Crippen molar-refractivity contribution in [2.45, 2.75) is 18.9 Å². The topological polar surface area (TPSA) is 51.3 Å². The zero-order valence-electron chi connectivity index (χ0n) is 11.4. The van der Waals surface area contributed by atoms with Crippen LogP contribution in [0.5, 0.6) is 0 Å². The summed E-state index contributed by atoms with van der Waals surface area (Å²) in [5, 5.41) is 0. The molecule has 20 heavy (non-hydrogen) atoms. The number of nitrogens with zero attached hydrogens (tertiary/aromatic N) is 2. The molecule has 1 saturated heterocycles. The molecule has 0 saturated carbocycles. The van der Waals surface area contributed by atoms with Crippen LogP contribution < -0.4 is 5.73 Å². The van der Waals surface area contributed by atoms with E-state index < -0.39 is 0 Å². The molecule has 0 spiro atoms. The Morgan fingerprint density at radius 2 is 1.65 bits per heavy atom. The Morgan fingerprint density at radius 1 is 1.05 bits per heavy atom. The van der Waals surface area contributed by atoms with Gasteiger partial charge in [0.25, 0.3) is 5.91 Å². The molecular weight excluding hydrogens is 250 g/mol. The highest BCUT2D eigenvalue weighted by atomic mass is 16.2. The molecule has 2 N–H and O–H groups in total. The fourth-order valence-corrected chi connectivity index (χ4v) is 2.77. The quantitative estimate of drug-likeness (QED) is 0.852. The Balaban J connectivity index is 1.63. The molecular formula is C16H19N3O. The Bertz CT molecular complexity index is 566. The lowest BCUT2D eigenvalue weighted by Crippen LogP contribution is -2.38. The van der Waals surface area contributed by atoms with E-state index in [1.54, 1.807) is 24.3 Å². The van der Waals surface area contributed by atoms with Gasteiger partial charge in [-0.15, -0.1) is 0 Å². The van der Waals surface area contributed by atoms with Gasteiger partial charge >= 0.3 is 0 Å². The standard InChI is InChI=1S/C16H19N3O/c17-14-5-3-13(4-6-14)16(20)19-11-7-15(8-12-19)18-9-1-2-10-18/h1-6,9-10,15H,7-8,11-12,17H2. The van der Waals surface area contributed by atoms with E-state index in [2.05, 4.69) is 17.0 Å². The normalized spacial score (nSPS) is 16.3. The van der Waals surface area contributed by atoms with Crippen LogP contribution in [-0.4, -0.2) is 28.5 Å². The second-order valence-electron chi connectivity index (χ2n) is 5.28. The van der Waals surface area contributed by atoms with Crippen LogP contribution in [0.4, 0.5) is 5.69 Å². The van der Waals surface area contributed by atoms with E-state index in [9.17, 15) is 4.79 Å². The lowest BCUT2D eigenvalue weighted by Gasteiger charge is -2.32. The third-order valence-corrected chi connectivity index (χ3v) is 3.96. The largest absolute Gasteiger partial charge is 0.399 e. The summed E-state index contributed by atoms with van der Waals surface area (Å²) in [4.78, 5) is 14.3. The molecule has 3 rings (SSSR count). The van der Waals surface area contributed by atoms with Crippen LogP contribution in [0, 0.1) is 0 Å².